The summed E-state index contributed by atoms with van der Waals surface area (Å²) < 4.78 is 0. The zero-order valence-electron chi connectivity index (χ0n) is 14.8. The van der Waals surface area contributed by atoms with E-state index in [0.29, 0.717) is 0 Å². The molecule has 4 aromatic rings. The molecule has 0 radical (unpaired) electrons. The van der Waals surface area contributed by atoms with Crippen LogP contribution in [0.15, 0.2) is 109 Å². The molecule has 0 atom stereocenters. The summed E-state index contributed by atoms with van der Waals surface area (Å²) >= 11 is 0. The van der Waals surface area contributed by atoms with Gasteiger partial charge in [0.1, 0.15) is 0 Å². The van der Waals surface area contributed by atoms with E-state index < -0.39 is 8.07 Å². The average molecular weight is 352 g/mol. The molecule has 0 aliphatic carbocycles. The molecule has 1 nitrogen and oxygen atoms in total. The molecule has 0 amide bonds. The maximum atomic E-state index is 4.36. The van der Waals surface area contributed by atoms with E-state index in [0.717, 1.165) is 0 Å². The number of nitrogens with zero attached hydrogens (tertiary/aromatic N) is 1. The number of rotatable bonds is 4. The van der Waals surface area contributed by atoms with Gasteiger partial charge in [-0.05, 0) is 39.3 Å². The normalized spacial score (nSPS) is 11.3. The third-order valence-corrected chi connectivity index (χ3v) is 10.0. The van der Waals surface area contributed by atoms with E-state index in [4.69, 9.17) is 0 Å². The Morgan fingerprint density at radius 1 is 0.577 bits per heavy atom. The van der Waals surface area contributed by atoms with Gasteiger partial charge in [0, 0.05) is 12.4 Å². The minimum absolute atomic E-state index is 1.25. The van der Waals surface area contributed by atoms with Gasteiger partial charge in [0.2, 0.25) is 0 Å². The fourth-order valence-corrected chi connectivity index (χ4v) is 8.92. The number of aryl methyl sites for hydroxylation is 1. The first-order valence-corrected chi connectivity index (χ1v) is 10.9. The molecule has 1 heterocycles. The summed E-state index contributed by atoms with van der Waals surface area (Å²) in [5, 5.41) is 5.58. The molecule has 126 valence electrons. The second-order valence-corrected chi connectivity index (χ2v) is 10.3. The molecular weight excluding hydrogens is 330 g/mol. The predicted octanol–water partition coefficient (Wildman–Crippen LogP) is 2.77. The highest BCUT2D eigenvalue weighted by Gasteiger charge is 2.42. The van der Waals surface area contributed by atoms with Crippen LogP contribution in [0.2, 0.25) is 0 Å². The highest BCUT2D eigenvalue weighted by molar-refractivity contribution is 7.20. The van der Waals surface area contributed by atoms with E-state index in [2.05, 4.69) is 109 Å². The summed E-state index contributed by atoms with van der Waals surface area (Å²) in [4.78, 5) is 4.36. The lowest BCUT2D eigenvalue weighted by atomic mass is 10.3. The van der Waals surface area contributed by atoms with Crippen LogP contribution < -0.4 is 20.7 Å². The predicted molar refractivity (Wildman–Crippen MR) is 113 cm³/mol. The molecule has 2 heteroatoms. The first-order valence-electron chi connectivity index (χ1n) is 8.91. The maximum Gasteiger partial charge on any atom is 0.180 e. The Bertz CT molecular complexity index is 885. The monoisotopic (exact) mass is 351 g/mol. The molecule has 0 aliphatic rings. The van der Waals surface area contributed by atoms with Crippen LogP contribution in [0.25, 0.3) is 0 Å². The van der Waals surface area contributed by atoms with Gasteiger partial charge in [-0.2, -0.15) is 0 Å². The van der Waals surface area contributed by atoms with Crippen LogP contribution in [0.1, 0.15) is 5.56 Å². The Labute approximate surface area is 156 Å². The number of hydrogen-bond acceptors (Lipinski definition) is 1. The summed E-state index contributed by atoms with van der Waals surface area (Å²) in [5.41, 5.74) is 1.25. The lowest BCUT2D eigenvalue weighted by Crippen LogP contribution is -2.75. The Kier molecular flexibility index (Phi) is 4.51. The summed E-state index contributed by atoms with van der Waals surface area (Å²) in [7, 11) is -2.38. The molecule has 1 aromatic heterocycles. The van der Waals surface area contributed by atoms with Gasteiger partial charge in [-0.15, -0.1) is 0 Å². The second-order valence-electron chi connectivity index (χ2n) is 6.54. The zero-order chi connectivity index (χ0) is 17.8. The van der Waals surface area contributed by atoms with Crippen molar-refractivity contribution >= 4 is 28.8 Å². The lowest BCUT2D eigenvalue weighted by molar-refractivity contribution is 1.28. The highest BCUT2D eigenvalue weighted by Crippen LogP contribution is 2.10. The van der Waals surface area contributed by atoms with Crippen LogP contribution in [0.5, 0.6) is 0 Å². The fourth-order valence-electron chi connectivity index (χ4n) is 3.93. The van der Waals surface area contributed by atoms with Gasteiger partial charge in [-0.25, -0.2) is 0 Å². The molecule has 0 saturated carbocycles. The van der Waals surface area contributed by atoms with E-state index in [1.165, 1.54) is 26.3 Å². The van der Waals surface area contributed by atoms with Gasteiger partial charge in [-0.3, -0.25) is 4.98 Å². The van der Waals surface area contributed by atoms with Crippen molar-refractivity contribution in [2.45, 2.75) is 6.92 Å². The third kappa shape index (κ3) is 2.69. The highest BCUT2D eigenvalue weighted by atomic mass is 28.3. The van der Waals surface area contributed by atoms with Gasteiger partial charge >= 0.3 is 0 Å². The molecule has 0 unspecified atom stereocenters. The van der Waals surface area contributed by atoms with Crippen molar-refractivity contribution in [3.05, 3.63) is 115 Å². The molecule has 0 bridgehead atoms. The van der Waals surface area contributed by atoms with Crippen molar-refractivity contribution in [3.63, 3.8) is 0 Å². The van der Waals surface area contributed by atoms with Gasteiger partial charge in [0.15, 0.2) is 8.07 Å². The molecule has 3 aromatic carbocycles. The summed E-state index contributed by atoms with van der Waals surface area (Å²) in [6, 6.07) is 35.1. The van der Waals surface area contributed by atoms with Gasteiger partial charge in [-0.1, -0.05) is 91.0 Å². The number of pyridine rings is 1. The van der Waals surface area contributed by atoms with Crippen LogP contribution in [0, 0.1) is 6.92 Å². The van der Waals surface area contributed by atoms with Gasteiger partial charge in [0.25, 0.3) is 0 Å². The molecule has 0 N–H and O–H groups in total. The van der Waals surface area contributed by atoms with Crippen LogP contribution in [0.4, 0.5) is 0 Å². The standard InChI is InChI=1S/C24H21NSi/c1-20-19-25-18-17-24(20)26(21-11-5-2-6-12-21,22-13-7-3-8-14-22)23-15-9-4-10-16-23/h2-19H,1H3. The summed E-state index contributed by atoms with van der Waals surface area (Å²) in [5.74, 6) is 0. The minimum Gasteiger partial charge on any atom is -0.264 e. The number of hydrogen-bond donors (Lipinski definition) is 0. The zero-order valence-corrected chi connectivity index (χ0v) is 15.8. The first kappa shape index (κ1) is 16.5. The quantitative estimate of drug-likeness (QED) is 0.407. The van der Waals surface area contributed by atoms with Crippen molar-refractivity contribution in [2.24, 2.45) is 0 Å². The van der Waals surface area contributed by atoms with Crippen molar-refractivity contribution < 1.29 is 0 Å². The number of benzene rings is 3. The smallest absolute Gasteiger partial charge is 0.180 e. The Morgan fingerprint density at radius 3 is 1.38 bits per heavy atom. The maximum absolute atomic E-state index is 4.36. The Balaban J connectivity index is 2.17. The molecule has 0 fully saturated rings. The summed E-state index contributed by atoms with van der Waals surface area (Å²) in [6.07, 6.45) is 3.92. The van der Waals surface area contributed by atoms with E-state index in [9.17, 15) is 0 Å². The molecule has 26 heavy (non-hydrogen) atoms. The van der Waals surface area contributed by atoms with Crippen LogP contribution in [-0.2, 0) is 0 Å². The molecule has 4 rings (SSSR count). The van der Waals surface area contributed by atoms with Gasteiger partial charge in [0.05, 0.1) is 0 Å². The van der Waals surface area contributed by atoms with Crippen molar-refractivity contribution in [1.29, 1.82) is 0 Å². The van der Waals surface area contributed by atoms with Crippen molar-refractivity contribution in [3.8, 4) is 0 Å². The molecular formula is C24H21NSi. The summed E-state index contributed by atoms with van der Waals surface area (Å²) in [6.45, 7) is 2.18. The molecule has 0 spiro atoms. The average Bonchev–Trinajstić information content (AvgIpc) is 2.72. The van der Waals surface area contributed by atoms with E-state index in [1.54, 1.807) is 0 Å². The van der Waals surface area contributed by atoms with E-state index >= 15 is 0 Å². The third-order valence-electron chi connectivity index (χ3n) is 5.04. The Hall–Kier alpha value is -2.97. The largest absolute Gasteiger partial charge is 0.264 e. The molecule has 0 saturated heterocycles. The van der Waals surface area contributed by atoms with E-state index in [1.807, 2.05) is 12.4 Å². The van der Waals surface area contributed by atoms with Gasteiger partial charge < -0.3 is 0 Å². The number of aromatic nitrogens is 1. The van der Waals surface area contributed by atoms with Crippen LogP contribution in [-0.4, -0.2) is 13.1 Å². The Morgan fingerprint density at radius 2 is 1.00 bits per heavy atom. The SMILES string of the molecule is Cc1cnccc1[Si](c1ccccc1)(c1ccccc1)c1ccccc1. The van der Waals surface area contributed by atoms with Crippen LogP contribution >= 0.6 is 0 Å². The first-order chi connectivity index (χ1) is 12.8. The second kappa shape index (κ2) is 7.10. The van der Waals surface area contributed by atoms with Crippen LogP contribution in [0.3, 0.4) is 0 Å². The van der Waals surface area contributed by atoms with Crippen molar-refractivity contribution in [1.82, 2.24) is 4.98 Å². The lowest BCUT2D eigenvalue weighted by Gasteiger charge is -2.35. The minimum atomic E-state index is -2.38. The molecule has 0 aliphatic heterocycles. The van der Waals surface area contributed by atoms with Crippen molar-refractivity contribution in [2.75, 3.05) is 0 Å². The fraction of sp³-hybridized carbons (Fsp3) is 0.0417. The van der Waals surface area contributed by atoms with E-state index in [-0.39, 0.29) is 0 Å². The topological polar surface area (TPSA) is 12.9 Å².